The van der Waals surface area contributed by atoms with Gasteiger partial charge in [-0.3, -0.25) is 0 Å². The third kappa shape index (κ3) is 1.17. The molecule has 0 N–H and O–H groups in total. The van der Waals surface area contributed by atoms with Crippen molar-refractivity contribution >= 4 is 0 Å². The molecule has 2 aliphatic rings. The highest BCUT2D eigenvalue weighted by Crippen LogP contribution is 2.12. The summed E-state index contributed by atoms with van der Waals surface area (Å²) in [5.41, 5.74) is 0. The van der Waals surface area contributed by atoms with Gasteiger partial charge >= 0.3 is 0 Å². The molecule has 2 fully saturated rings. The number of hydrogen-bond acceptors (Lipinski definition) is 2. The van der Waals surface area contributed by atoms with E-state index in [1.807, 2.05) is 0 Å². The highest BCUT2D eigenvalue weighted by atomic mass is 16.5. The first-order valence-corrected chi connectivity index (χ1v) is 3.82. The van der Waals surface area contributed by atoms with Crippen molar-refractivity contribution in [3.63, 3.8) is 0 Å². The quantitative estimate of drug-likeness (QED) is 0.446. The van der Waals surface area contributed by atoms with Crippen LogP contribution in [0.2, 0.25) is 0 Å². The summed E-state index contributed by atoms with van der Waals surface area (Å²) in [5, 5.41) is 4.34. The van der Waals surface area contributed by atoms with Crippen LogP contribution in [-0.2, 0) is 4.74 Å². The average Bonchev–Trinajstić information content (AvgIpc) is 1.85. The minimum atomic E-state index is 0.387. The zero-order valence-corrected chi connectivity index (χ0v) is 6.29. The van der Waals surface area contributed by atoms with Crippen molar-refractivity contribution in [1.29, 1.82) is 0 Å². The highest BCUT2D eigenvalue weighted by molar-refractivity contribution is 4.82. The van der Waals surface area contributed by atoms with Gasteiger partial charge < -0.3 is 9.64 Å². The molecule has 2 heterocycles. The fourth-order valence-electron chi connectivity index (χ4n) is 1.69. The van der Waals surface area contributed by atoms with Gasteiger partial charge in [0.25, 0.3) is 0 Å². The Hall–Kier alpha value is -0.120. The second kappa shape index (κ2) is 2.49. The molecule has 0 aromatic rings. The highest BCUT2D eigenvalue weighted by Gasteiger charge is 2.29. The number of fused-ring (bicyclic) bond motifs is 2. The molecular weight excluding hydrogens is 128 g/mol. The van der Waals surface area contributed by atoms with Crippen LogP contribution in [0, 0.1) is 0 Å². The lowest BCUT2D eigenvalue weighted by atomic mass is 10.1. The Balaban J connectivity index is 1.98. The lowest BCUT2D eigenvalue weighted by Crippen LogP contribution is -2.55. The minimum absolute atomic E-state index is 0.387. The Kier molecular flexibility index (Phi) is 1.64. The summed E-state index contributed by atoms with van der Waals surface area (Å²) < 4.78 is 5.66. The van der Waals surface area contributed by atoms with Gasteiger partial charge in [-0.05, 0) is 7.05 Å². The summed E-state index contributed by atoms with van der Waals surface area (Å²) in [6.45, 7) is 3.92. The Labute approximate surface area is 61.3 Å². The predicted molar refractivity (Wildman–Crippen MR) is 38.0 cm³/mol. The maximum atomic E-state index is 5.66. The van der Waals surface area contributed by atoms with Gasteiger partial charge in [0.15, 0.2) is 0 Å². The SMILES string of the molecule is CN1CC2C[N]CC(C1)O2. The molecule has 2 bridgehead atoms. The molecule has 0 spiro atoms. The summed E-state index contributed by atoms with van der Waals surface area (Å²) in [5.74, 6) is 0. The Morgan fingerprint density at radius 2 is 1.90 bits per heavy atom. The van der Waals surface area contributed by atoms with Crippen molar-refractivity contribution in [3.05, 3.63) is 0 Å². The molecule has 2 atom stereocenters. The van der Waals surface area contributed by atoms with E-state index < -0.39 is 0 Å². The topological polar surface area (TPSA) is 26.6 Å². The van der Waals surface area contributed by atoms with Crippen LogP contribution in [0.4, 0.5) is 0 Å². The standard InChI is InChI=1S/C7H13N2O/c1-9-4-6-2-8-3-7(5-9)10-6/h6-7H,2-5H2,1H3. The molecule has 0 aliphatic carbocycles. The lowest BCUT2D eigenvalue weighted by molar-refractivity contribution is -0.0974. The van der Waals surface area contributed by atoms with Crippen molar-refractivity contribution in [3.8, 4) is 0 Å². The monoisotopic (exact) mass is 141 g/mol. The maximum absolute atomic E-state index is 5.66. The molecule has 1 radical (unpaired) electrons. The minimum Gasteiger partial charge on any atom is -0.370 e. The number of morpholine rings is 2. The zero-order chi connectivity index (χ0) is 6.97. The van der Waals surface area contributed by atoms with Gasteiger partial charge in [0.05, 0.1) is 12.2 Å². The van der Waals surface area contributed by atoms with E-state index in [4.69, 9.17) is 4.74 Å². The molecule has 2 saturated heterocycles. The number of hydrogen-bond donors (Lipinski definition) is 0. The molecule has 0 amide bonds. The van der Waals surface area contributed by atoms with Crippen molar-refractivity contribution in [2.45, 2.75) is 12.2 Å². The first-order valence-electron chi connectivity index (χ1n) is 3.82. The number of likely N-dealkylation sites (N-methyl/N-ethyl adjacent to an activating group) is 1. The van der Waals surface area contributed by atoms with Crippen molar-refractivity contribution in [2.75, 3.05) is 33.2 Å². The fourth-order valence-corrected chi connectivity index (χ4v) is 1.69. The summed E-state index contributed by atoms with van der Waals surface area (Å²) in [6, 6.07) is 0. The maximum Gasteiger partial charge on any atom is 0.0847 e. The number of nitrogens with zero attached hydrogens (tertiary/aromatic N) is 2. The van der Waals surface area contributed by atoms with Crippen LogP contribution in [0.3, 0.4) is 0 Å². The third-order valence-corrected chi connectivity index (χ3v) is 2.08. The van der Waals surface area contributed by atoms with Gasteiger partial charge in [0, 0.05) is 26.2 Å². The zero-order valence-electron chi connectivity index (χ0n) is 6.29. The molecular formula is C7H13N2O. The smallest absolute Gasteiger partial charge is 0.0847 e. The third-order valence-electron chi connectivity index (χ3n) is 2.08. The Morgan fingerprint density at radius 1 is 1.30 bits per heavy atom. The lowest BCUT2D eigenvalue weighted by Gasteiger charge is -2.39. The Bertz CT molecular complexity index is 113. The second-order valence-electron chi connectivity index (χ2n) is 3.19. The van der Waals surface area contributed by atoms with Gasteiger partial charge in [-0.25, -0.2) is 5.32 Å². The number of rotatable bonds is 0. The van der Waals surface area contributed by atoms with E-state index in [0.717, 1.165) is 26.2 Å². The summed E-state index contributed by atoms with van der Waals surface area (Å²) in [6.07, 6.45) is 0.773. The fraction of sp³-hybridized carbons (Fsp3) is 1.00. The van der Waals surface area contributed by atoms with Crippen LogP contribution in [0.25, 0.3) is 0 Å². The Morgan fingerprint density at radius 3 is 2.50 bits per heavy atom. The van der Waals surface area contributed by atoms with Gasteiger partial charge in [0.1, 0.15) is 0 Å². The molecule has 0 saturated carbocycles. The van der Waals surface area contributed by atoms with E-state index in [1.165, 1.54) is 0 Å². The van der Waals surface area contributed by atoms with E-state index in [0.29, 0.717) is 12.2 Å². The van der Waals surface area contributed by atoms with Gasteiger partial charge in [-0.2, -0.15) is 0 Å². The van der Waals surface area contributed by atoms with Crippen LogP contribution in [0.15, 0.2) is 0 Å². The molecule has 3 nitrogen and oxygen atoms in total. The van der Waals surface area contributed by atoms with Crippen LogP contribution >= 0.6 is 0 Å². The summed E-state index contributed by atoms with van der Waals surface area (Å²) in [4.78, 5) is 2.33. The van der Waals surface area contributed by atoms with E-state index in [1.54, 1.807) is 0 Å². The molecule has 10 heavy (non-hydrogen) atoms. The summed E-state index contributed by atoms with van der Waals surface area (Å²) >= 11 is 0. The first-order chi connectivity index (χ1) is 4.84. The molecule has 2 aliphatic heterocycles. The van der Waals surface area contributed by atoms with Crippen LogP contribution < -0.4 is 5.32 Å². The van der Waals surface area contributed by atoms with Crippen molar-refractivity contribution in [1.82, 2.24) is 10.2 Å². The van der Waals surface area contributed by atoms with Gasteiger partial charge in [-0.1, -0.05) is 0 Å². The normalized spacial score (nSPS) is 41.7. The van der Waals surface area contributed by atoms with E-state index in [2.05, 4.69) is 17.3 Å². The molecule has 2 rings (SSSR count). The van der Waals surface area contributed by atoms with Crippen LogP contribution in [0.5, 0.6) is 0 Å². The molecule has 3 heteroatoms. The van der Waals surface area contributed by atoms with Crippen LogP contribution in [0.1, 0.15) is 0 Å². The molecule has 57 valence electrons. The van der Waals surface area contributed by atoms with Crippen LogP contribution in [-0.4, -0.2) is 50.3 Å². The number of ether oxygens (including phenoxy) is 1. The molecule has 0 aromatic heterocycles. The van der Waals surface area contributed by atoms with E-state index in [9.17, 15) is 0 Å². The van der Waals surface area contributed by atoms with E-state index in [-0.39, 0.29) is 0 Å². The van der Waals surface area contributed by atoms with Gasteiger partial charge in [-0.15, -0.1) is 0 Å². The van der Waals surface area contributed by atoms with Crippen molar-refractivity contribution in [2.24, 2.45) is 0 Å². The molecule has 2 unspecified atom stereocenters. The second-order valence-corrected chi connectivity index (χ2v) is 3.19. The van der Waals surface area contributed by atoms with Crippen molar-refractivity contribution < 1.29 is 4.74 Å². The largest absolute Gasteiger partial charge is 0.370 e. The van der Waals surface area contributed by atoms with E-state index >= 15 is 0 Å². The summed E-state index contributed by atoms with van der Waals surface area (Å²) in [7, 11) is 2.15. The predicted octanol–water partition coefficient (Wildman–Crippen LogP) is -0.696. The van der Waals surface area contributed by atoms with Gasteiger partial charge in [0.2, 0.25) is 0 Å². The average molecular weight is 141 g/mol. The first kappa shape index (κ1) is 6.58. The molecule has 0 aromatic carbocycles.